The highest BCUT2D eigenvalue weighted by molar-refractivity contribution is 5.94. The number of anilines is 3. The monoisotopic (exact) mass is 420 g/mol. The van der Waals surface area contributed by atoms with Crippen LogP contribution >= 0.6 is 0 Å². The number of carbonyl (C=O) groups is 1. The van der Waals surface area contributed by atoms with E-state index in [1.807, 2.05) is 11.9 Å². The SMILES string of the molecule is CN1CCN(C(=O)c2ccc(Nc3ncc(C(F)(F)F)c(NC4CC4)n3)cc2)CC1. The van der Waals surface area contributed by atoms with Gasteiger partial charge in [-0.3, -0.25) is 4.79 Å². The molecule has 0 radical (unpaired) electrons. The van der Waals surface area contributed by atoms with Gasteiger partial charge in [0.2, 0.25) is 5.95 Å². The lowest BCUT2D eigenvalue weighted by molar-refractivity contribution is -0.137. The molecular weight excluding hydrogens is 397 g/mol. The maximum Gasteiger partial charge on any atom is 0.421 e. The Balaban J connectivity index is 1.46. The van der Waals surface area contributed by atoms with Crippen LogP contribution in [0.15, 0.2) is 30.5 Å². The molecule has 7 nitrogen and oxygen atoms in total. The van der Waals surface area contributed by atoms with Crippen LogP contribution < -0.4 is 10.6 Å². The fraction of sp³-hybridized carbons (Fsp3) is 0.450. The second-order valence-electron chi connectivity index (χ2n) is 7.67. The number of amides is 1. The highest BCUT2D eigenvalue weighted by Crippen LogP contribution is 2.36. The van der Waals surface area contributed by atoms with E-state index in [0.717, 1.165) is 32.1 Å². The third-order valence-corrected chi connectivity index (χ3v) is 5.19. The zero-order valence-electron chi connectivity index (χ0n) is 16.5. The van der Waals surface area contributed by atoms with Crippen molar-refractivity contribution in [2.75, 3.05) is 43.9 Å². The number of carbonyl (C=O) groups excluding carboxylic acids is 1. The van der Waals surface area contributed by atoms with Crippen molar-refractivity contribution in [3.05, 3.63) is 41.6 Å². The molecule has 1 saturated heterocycles. The summed E-state index contributed by atoms with van der Waals surface area (Å²) in [5, 5.41) is 5.72. The van der Waals surface area contributed by atoms with E-state index in [9.17, 15) is 18.0 Å². The number of nitrogens with one attached hydrogen (secondary N) is 2. The van der Waals surface area contributed by atoms with Crippen LogP contribution in [0.25, 0.3) is 0 Å². The molecule has 0 spiro atoms. The summed E-state index contributed by atoms with van der Waals surface area (Å²) in [5.74, 6) is -0.190. The number of likely N-dealkylation sites (N-methyl/N-ethyl adjacent to an activating group) is 1. The average molecular weight is 420 g/mol. The largest absolute Gasteiger partial charge is 0.421 e. The topological polar surface area (TPSA) is 73.4 Å². The van der Waals surface area contributed by atoms with Gasteiger partial charge < -0.3 is 20.4 Å². The molecule has 4 rings (SSSR count). The number of aromatic nitrogens is 2. The molecule has 2 aromatic rings. The first kappa shape index (κ1) is 20.4. The molecule has 160 valence electrons. The van der Waals surface area contributed by atoms with Gasteiger partial charge in [-0.25, -0.2) is 4.98 Å². The molecule has 2 fully saturated rings. The summed E-state index contributed by atoms with van der Waals surface area (Å²) in [7, 11) is 2.02. The lowest BCUT2D eigenvalue weighted by atomic mass is 10.1. The fourth-order valence-corrected chi connectivity index (χ4v) is 3.20. The van der Waals surface area contributed by atoms with E-state index in [1.165, 1.54) is 0 Å². The van der Waals surface area contributed by atoms with Crippen LogP contribution in [0.2, 0.25) is 0 Å². The normalized spacial score (nSPS) is 17.7. The second kappa shape index (κ2) is 8.10. The Kier molecular flexibility index (Phi) is 5.50. The van der Waals surface area contributed by atoms with E-state index >= 15 is 0 Å². The average Bonchev–Trinajstić information content (AvgIpc) is 3.52. The van der Waals surface area contributed by atoms with Crippen molar-refractivity contribution in [2.45, 2.75) is 25.1 Å². The van der Waals surface area contributed by atoms with Crippen LogP contribution in [0, 0.1) is 0 Å². The predicted octanol–water partition coefficient (Wildman–Crippen LogP) is 3.20. The smallest absolute Gasteiger partial charge is 0.367 e. The van der Waals surface area contributed by atoms with Gasteiger partial charge in [0, 0.05) is 49.7 Å². The molecule has 0 unspecified atom stereocenters. The van der Waals surface area contributed by atoms with E-state index in [2.05, 4.69) is 25.5 Å². The van der Waals surface area contributed by atoms with E-state index in [0.29, 0.717) is 24.3 Å². The van der Waals surface area contributed by atoms with Crippen molar-refractivity contribution in [3.63, 3.8) is 0 Å². The van der Waals surface area contributed by atoms with Gasteiger partial charge in [-0.1, -0.05) is 0 Å². The molecule has 1 aromatic carbocycles. The van der Waals surface area contributed by atoms with Crippen LogP contribution in [-0.2, 0) is 6.18 Å². The van der Waals surface area contributed by atoms with Gasteiger partial charge in [-0.05, 0) is 44.2 Å². The number of benzene rings is 1. The second-order valence-corrected chi connectivity index (χ2v) is 7.67. The zero-order valence-corrected chi connectivity index (χ0v) is 16.5. The Morgan fingerprint density at radius 3 is 2.37 bits per heavy atom. The number of rotatable bonds is 5. The van der Waals surface area contributed by atoms with E-state index in [4.69, 9.17) is 0 Å². The molecular formula is C20H23F3N6O. The number of piperazine rings is 1. The summed E-state index contributed by atoms with van der Waals surface area (Å²) in [6.07, 6.45) is -2.09. The van der Waals surface area contributed by atoms with E-state index < -0.39 is 11.7 Å². The van der Waals surface area contributed by atoms with Crippen LogP contribution in [0.3, 0.4) is 0 Å². The Bertz CT molecular complexity index is 906. The summed E-state index contributed by atoms with van der Waals surface area (Å²) < 4.78 is 39.6. The Hall–Kier alpha value is -2.88. The predicted molar refractivity (Wildman–Crippen MR) is 107 cm³/mol. The van der Waals surface area contributed by atoms with Gasteiger partial charge in [0.15, 0.2) is 0 Å². The minimum Gasteiger partial charge on any atom is -0.367 e. The van der Waals surface area contributed by atoms with Crippen molar-refractivity contribution >= 4 is 23.4 Å². The van der Waals surface area contributed by atoms with Gasteiger partial charge in [0.1, 0.15) is 11.4 Å². The molecule has 1 saturated carbocycles. The molecule has 1 amide bonds. The minimum atomic E-state index is -4.53. The molecule has 1 aliphatic heterocycles. The first-order chi connectivity index (χ1) is 14.3. The number of nitrogens with zero attached hydrogens (tertiary/aromatic N) is 4. The number of hydrogen-bond acceptors (Lipinski definition) is 6. The highest BCUT2D eigenvalue weighted by Gasteiger charge is 2.36. The van der Waals surface area contributed by atoms with Gasteiger partial charge in [-0.15, -0.1) is 0 Å². The molecule has 1 aromatic heterocycles. The van der Waals surface area contributed by atoms with Crippen LogP contribution in [0.4, 0.5) is 30.6 Å². The third kappa shape index (κ3) is 4.81. The Labute approximate surface area is 172 Å². The maximum absolute atomic E-state index is 13.2. The molecule has 2 N–H and O–H groups in total. The number of hydrogen-bond donors (Lipinski definition) is 2. The maximum atomic E-state index is 13.2. The summed E-state index contributed by atoms with van der Waals surface area (Å²) in [6.45, 7) is 3.05. The quantitative estimate of drug-likeness (QED) is 0.774. The van der Waals surface area contributed by atoms with Gasteiger partial charge in [0.25, 0.3) is 5.91 Å². The molecule has 10 heteroatoms. The summed E-state index contributed by atoms with van der Waals surface area (Å²) in [5.41, 5.74) is 0.268. The molecule has 1 aliphatic carbocycles. The highest BCUT2D eigenvalue weighted by atomic mass is 19.4. The van der Waals surface area contributed by atoms with Gasteiger partial charge in [-0.2, -0.15) is 18.2 Å². The van der Waals surface area contributed by atoms with Crippen LogP contribution in [0.1, 0.15) is 28.8 Å². The van der Waals surface area contributed by atoms with Crippen LogP contribution in [0.5, 0.6) is 0 Å². The van der Waals surface area contributed by atoms with E-state index in [1.54, 1.807) is 24.3 Å². The standard InChI is InChI=1S/C20H23F3N6O/c1-28-8-10-29(11-9-28)18(30)13-2-4-15(5-3-13)26-19-24-12-16(20(21,22)23)17(27-19)25-14-6-7-14/h2-5,12,14H,6-11H2,1H3,(H2,24,25,26,27). The van der Waals surface area contributed by atoms with Gasteiger partial charge >= 0.3 is 6.18 Å². The fourth-order valence-electron chi connectivity index (χ4n) is 3.20. The lowest BCUT2D eigenvalue weighted by Crippen LogP contribution is -2.47. The Morgan fingerprint density at radius 2 is 1.77 bits per heavy atom. The first-order valence-electron chi connectivity index (χ1n) is 9.85. The summed E-state index contributed by atoms with van der Waals surface area (Å²) in [4.78, 5) is 24.4. The number of halogens is 3. The Morgan fingerprint density at radius 1 is 1.10 bits per heavy atom. The third-order valence-electron chi connectivity index (χ3n) is 5.19. The summed E-state index contributed by atoms with van der Waals surface area (Å²) in [6, 6.07) is 6.79. The van der Waals surface area contributed by atoms with Crippen molar-refractivity contribution in [1.82, 2.24) is 19.8 Å². The van der Waals surface area contributed by atoms with Crippen molar-refractivity contribution in [3.8, 4) is 0 Å². The summed E-state index contributed by atoms with van der Waals surface area (Å²) >= 11 is 0. The molecule has 2 aliphatic rings. The van der Waals surface area contributed by atoms with Gasteiger partial charge in [0.05, 0.1) is 0 Å². The first-order valence-corrected chi connectivity index (χ1v) is 9.85. The molecule has 0 bridgehead atoms. The van der Waals surface area contributed by atoms with E-state index in [-0.39, 0.29) is 23.7 Å². The zero-order chi connectivity index (χ0) is 21.3. The van der Waals surface area contributed by atoms with Crippen LogP contribution in [-0.4, -0.2) is 64.9 Å². The molecule has 0 atom stereocenters. The van der Waals surface area contributed by atoms with Crippen molar-refractivity contribution < 1.29 is 18.0 Å². The number of alkyl halides is 3. The van der Waals surface area contributed by atoms with Crippen molar-refractivity contribution in [2.24, 2.45) is 0 Å². The van der Waals surface area contributed by atoms with Crippen molar-refractivity contribution in [1.29, 1.82) is 0 Å². The minimum absolute atomic E-state index is 0.0220. The molecule has 2 heterocycles. The lowest BCUT2D eigenvalue weighted by Gasteiger charge is -2.32. The molecule has 30 heavy (non-hydrogen) atoms.